The summed E-state index contributed by atoms with van der Waals surface area (Å²) in [6.45, 7) is 12.5. The van der Waals surface area contributed by atoms with Crippen LogP contribution in [0, 0.1) is 5.92 Å². The molecule has 3 rings (SSSR count). The number of nitrogens with one attached hydrogen (secondary N) is 2. The summed E-state index contributed by atoms with van der Waals surface area (Å²) >= 11 is 0. The van der Waals surface area contributed by atoms with Crippen LogP contribution in [0.25, 0.3) is 0 Å². The second-order valence-corrected chi connectivity index (χ2v) is 8.89. The Balaban J connectivity index is 1.44. The van der Waals surface area contributed by atoms with Crippen LogP contribution >= 0.6 is 0 Å². The minimum atomic E-state index is 0.462. The van der Waals surface area contributed by atoms with E-state index >= 15 is 0 Å². The van der Waals surface area contributed by atoms with E-state index in [4.69, 9.17) is 0 Å². The molecule has 1 aromatic rings. The Morgan fingerprint density at radius 1 is 1.21 bits per heavy atom. The molecule has 0 radical (unpaired) electrons. The van der Waals surface area contributed by atoms with Gasteiger partial charge in [-0.25, -0.2) is 0 Å². The highest BCUT2D eigenvalue weighted by atomic mass is 15.3. The van der Waals surface area contributed by atoms with Crippen molar-refractivity contribution in [1.29, 1.82) is 0 Å². The summed E-state index contributed by atoms with van der Waals surface area (Å²) in [6.07, 6.45) is 3.79. The molecule has 2 aliphatic rings. The van der Waals surface area contributed by atoms with Crippen LogP contribution in [0.2, 0.25) is 0 Å². The third-order valence-electron chi connectivity index (χ3n) is 6.34. The maximum atomic E-state index is 4.49. The van der Waals surface area contributed by atoms with Crippen LogP contribution in [0.3, 0.4) is 0 Å². The number of piperidine rings is 1. The maximum Gasteiger partial charge on any atom is 0.191 e. The number of hydrogen-bond acceptors (Lipinski definition) is 3. The lowest BCUT2D eigenvalue weighted by atomic mass is 9.97. The molecular formula is C23H39N5. The average molecular weight is 386 g/mol. The van der Waals surface area contributed by atoms with Gasteiger partial charge in [-0.3, -0.25) is 9.89 Å². The third-order valence-corrected chi connectivity index (χ3v) is 6.34. The number of likely N-dealkylation sites (tertiary alicyclic amines) is 2. The molecular weight excluding hydrogens is 346 g/mol. The first-order valence-corrected chi connectivity index (χ1v) is 11.0. The fraction of sp³-hybridized carbons (Fsp3) is 0.696. The van der Waals surface area contributed by atoms with Crippen molar-refractivity contribution >= 4 is 5.96 Å². The van der Waals surface area contributed by atoms with Gasteiger partial charge in [-0.05, 0) is 58.1 Å². The first-order chi connectivity index (χ1) is 13.5. The molecule has 1 aromatic carbocycles. The van der Waals surface area contributed by atoms with Gasteiger partial charge in [0.05, 0.1) is 0 Å². The second kappa shape index (κ2) is 10.3. The summed E-state index contributed by atoms with van der Waals surface area (Å²) in [5.41, 5.74) is 1.39. The predicted molar refractivity (Wildman–Crippen MR) is 119 cm³/mol. The van der Waals surface area contributed by atoms with E-state index in [2.05, 4.69) is 76.5 Å². The van der Waals surface area contributed by atoms with Gasteiger partial charge < -0.3 is 15.5 Å². The zero-order valence-electron chi connectivity index (χ0n) is 18.2. The van der Waals surface area contributed by atoms with Crippen molar-refractivity contribution in [3.8, 4) is 0 Å². The van der Waals surface area contributed by atoms with Gasteiger partial charge in [0.25, 0.3) is 0 Å². The molecule has 3 unspecified atom stereocenters. The summed E-state index contributed by atoms with van der Waals surface area (Å²) in [6, 6.07) is 12.5. The molecule has 0 amide bonds. The van der Waals surface area contributed by atoms with Crippen molar-refractivity contribution in [2.45, 2.75) is 64.7 Å². The van der Waals surface area contributed by atoms with Gasteiger partial charge >= 0.3 is 0 Å². The van der Waals surface area contributed by atoms with Gasteiger partial charge in [-0.1, -0.05) is 30.3 Å². The summed E-state index contributed by atoms with van der Waals surface area (Å²) in [5, 5.41) is 7.27. The quantitative estimate of drug-likeness (QED) is 0.584. The van der Waals surface area contributed by atoms with E-state index in [0.29, 0.717) is 24.0 Å². The molecule has 5 heteroatoms. The van der Waals surface area contributed by atoms with Gasteiger partial charge in [0, 0.05) is 51.4 Å². The van der Waals surface area contributed by atoms with Crippen molar-refractivity contribution in [3.05, 3.63) is 35.9 Å². The molecule has 0 spiro atoms. The summed E-state index contributed by atoms with van der Waals surface area (Å²) in [4.78, 5) is 9.66. The lowest BCUT2D eigenvalue weighted by Crippen LogP contribution is -2.48. The minimum Gasteiger partial charge on any atom is -0.356 e. The lowest BCUT2D eigenvalue weighted by molar-refractivity contribution is 0.141. The molecule has 2 heterocycles. The standard InChI is InChI=1S/C23H39N5/c1-18(2)27-12-8-11-21(16-27)14-25-23(24-4)26-22-13-19(3)28(17-22)15-20-9-6-5-7-10-20/h5-7,9-10,18-19,21-22H,8,11-17H2,1-4H3,(H2,24,25,26). The Labute approximate surface area is 171 Å². The Kier molecular flexibility index (Phi) is 7.74. The van der Waals surface area contributed by atoms with Crippen LogP contribution in [0.1, 0.15) is 45.6 Å². The van der Waals surface area contributed by atoms with Crippen molar-refractivity contribution in [1.82, 2.24) is 20.4 Å². The minimum absolute atomic E-state index is 0.462. The number of guanidine groups is 1. The van der Waals surface area contributed by atoms with Crippen molar-refractivity contribution in [3.63, 3.8) is 0 Å². The Morgan fingerprint density at radius 2 is 2.00 bits per heavy atom. The Bertz CT molecular complexity index is 615. The van der Waals surface area contributed by atoms with E-state index in [1.54, 1.807) is 0 Å². The van der Waals surface area contributed by atoms with Crippen LogP contribution < -0.4 is 10.6 Å². The van der Waals surface area contributed by atoms with Crippen LogP contribution in [0.15, 0.2) is 35.3 Å². The summed E-state index contributed by atoms with van der Waals surface area (Å²) in [7, 11) is 1.89. The highest BCUT2D eigenvalue weighted by Gasteiger charge is 2.29. The first kappa shape index (κ1) is 21.1. The van der Waals surface area contributed by atoms with E-state index in [1.165, 1.54) is 31.5 Å². The Morgan fingerprint density at radius 3 is 2.71 bits per heavy atom. The van der Waals surface area contributed by atoms with Crippen LogP contribution in [0.5, 0.6) is 0 Å². The normalized spacial score (nSPS) is 27.3. The fourth-order valence-corrected chi connectivity index (χ4v) is 4.60. The van der Waals surface area contributed by atoms with E-state index in [9.17, 15) is 0 Å². The van der Waals surface area contributed by atoms with Gasteiger partial charge in [-0.15, -0.1) is 0 Å². The smallest absolute Gasteiger partial charge is 0.191 e. The molecule has 0 aliphatic carbocycles. The summed E-state index contributed by atoms with van der Waals surface area (Å²) < 4.78 is 0. The molecule has 156 valence electrons. The largest absolute Gasteiger partial charge is 0.356 e. The highest BCUT2D eigenvalue weighted by molar-refractivity contribution is 5.80. The van der Waals surface area contributed by atoms with E-state index in [-0.39, 0.29) is 0 Å². The molecule has 0 saturated carbocycles. The van der Waals surface area contributed by atoms with Gasteiger partial charge in [0.2, 0.25) is 0 Å². The van der Waals surface area contributed by atoms with Gasteiger partial charge in [-0.2, -0.15) is 0 Å². The molecule has 2 fully saturated rings. The molecule has 3 atom stereocenters. The zero-order valence-corrected chi connectivity index (χ0v) is 18.2. The zero-order chi connectivity index (χ0) is 19.9. The highest BCUT2D eigenvalue weighted by Crippen LogP contribution is 2.20. The van der Waals surface area contributed by atoms with Crippen LogP contribution in [-0.2, 0) is 6.54 Å². The van der Waals surface area contributed by atoms with Crippen LogP contribution in [0.4, 0.5) is 0 Å². The SMILES string of the molecule is CN=C(NCC1CCCN(C(C)C)C1)NC1CC(C)N(Cc2ccccc2)C1. The van der Waals surface area contributed by atoms with E-state index in [1.807, 2.05) is 7.05 Å². The molecule has 0 aromatic heterocycles. The van der Waals surface area contributed by atoms with E-state index < -0.39 is 0 Å². The number of rotatable bonds is 6. The molecule has 5 nitrogen and oxygen atoms in total. The molecule has 0 bridgehead atoms. The summed E-state index contributed by atoms with van der Waals surface area (Å²) in [5.74, 6) is 1.67. The van der Waals surface area contributed by atoms with Gasteiger partial charge in [0.15, 0.2) is 5.96 Å². The molecule has 2 N–H and O–H groups in total. The van der Waals surface area contributed by atoms with Crippen LogP contribution in [-0.4, -0.2) is 67.1 Å². The number of aliphatic imine (C=N–C) groups is 1. The maximum absolute atomic E-state index is 4.49. The number of benzene rings is 1. The van der Waals surface area contributed by atoms with E-state index in [0.717, 1.165) is 32.0 Å². The Hall–Kier alpha value is -1.59. The first-order valence-electron chi connectivity index (χ1n) is 11.0. The molecule has 28 heavy (non-hydrogen) atoms. The number of nitrogens with zero attached hydrogens (tertiary/aromatic N) is 3. The molecule has 2 aliphatic heterocycles. The topological polar surface area (TPSA) is 42.9 Å². The predicted octanol–water partition coefficient (Wildman–Crippen LogP) is 2.93. The fourth-order valence-electron chi connectivity index (χ4n) is 4.60. The number of hydrogen-bond donors (Lipinski definition) is 2. The third kappa shape index (κ3) is 5.95. The van der Waals surface area contributed by atoms with Gasteiger partial charge in [0.1, 0.15) is 0 Å². The second-order valence-electron chi connectivity index (χ2n) is 8.89. The molecule has 2 saturated heterocycles. The average Bonchev–Trinajstić information content (AvgIpc) is 3.05. The monoisotopic (exact) mass is 385 g/mol. The van der Waals surface area contributed by atoms with Crippen molar-refractivity contribution in [2.75, 3.05) is 33.2 Å². The van der Waals surface area contributed by atoms with Crippen molar-refractivity contribution in [2.24, 2.45) is 10.9 Å². The van der Waals surface area contributed by atoms with Crippen molar-refractivity contribution < 1.29 is 0 Å². The lowest BCUT2D eigenvalue weighted by Gasteiger charge is -2.35.